The normalized spacial score (nSPS) is 11.2. The molecule has 0 aromatic heterocycles. The molecule has 0 bridgehead atoms. The molecule has 2 aromatic carbocycles. The summed E-state index contributed by atoms with van der Waals surface area (Å²) in [5.41, 5.74) is 1.55. The number of methoxy groups -OCH3 is 1. The Morgan fingerprint density at radius 2 is 1.90 bits per heavy atom. The number of hydrogen-bond acceptors (Lipinski definition) is 3. The summed E-state index contributed by atoms with van der Waals surface area (Å²) in [4.78, 5) is 0.212. The van der Waals surface area contributed by atoms with E-state index in [1.807, 2.05) is 41.6 Å². The minimum absolute atomic E-state index is 0.212. The molecule has 20 heavy (non-hydrogen) atoms. The standard InChI is InChI=1S/C14H14INO3S/c1-10-4-3-5-11(8-10)16-20(17,18)12-6-7-14(19-2)13(15)9-12/h3-9,16H,1-2H3. The van der Waals surface area contributed by atoms with Gasteiger partial charge < -0.3 is 4.74 Å². The number of rotatable bonds is 4. The van der Waals surface area contributed by atoms with E-state index in [-0.39, 0.29) is 4.90 Å². The van der Waals surface area contributed by atoms with Crippen LogP contribution in [0.5, 0.6) is 5.75 Å². The second kappa shape index (κ2) is 6.01. The van der Waals surface area contributed by atoms with Crippen LogP contribution in [-0.4, -0.2) is 15.5 Å². The zero-order valence-corrected chi connectivity index (χ0v) is 14.0. The Morgan fingerprint density at radius 1 is 1.15 bits per heavy atom. The highest BCUT2D eigenvalue weighted by atomic mass is 127. The molecule has 4 nitrogen and oxygen atoms in total. The molecule has 0 unspecified atom stereocenters. The minimum atomic E-state index is -3.59. The van der Waals surface area contributed by atoms with E-state index in [0.29, 0.717) is 11.4 Å². The van der Waals surface area contributed by atoms with E-state index >= 15 is 0 Å². The molecule has 0 saturated heterocycles. The van der Waals surface area contributed by atoms with E-state index in [9.17, 15) is 8.42 Å². The highest BCUT2D eigenvalue weighted by Crippen LogP contribution is 2.25. The number of sulfonamides is 1. The van der Waals surface area contributed by atoms with Gasteiger partial charge in [-0.25, -0.2) is 8.42 Å². The van der Waals surface area contributed by atoms with Gasteiger partial charge in [0.1, 0.15) is 5.75 Å². The van der Waals surface area contributed by atoms with Gasteiger partial charge in [-0.15, -0.1) is 0 Å². The third kappa shape index (κ3) is 3.43. The lowest BCUT2D eigenvalue weighted by Gasteiger charge is -2.10. The molecule has 1 N–H and O–H groups in total. The average Bonchev–Trinajstić information content (AvgIpc) is 2.38. The van der Waals surface area contributed by atoms with Crippen LogP contribution in [0.3, 0.4) is 0 Å². The van der Waals surface area contributed by atoms with E-state index in [4.69, 9.17) is 4.74 Å². The van der Waals surface area contributed by atoms with Crippen molar-refractivity contribution in [3.05, 3.63) is 51.6 Å². The summed E-state index contributed by atoms with van der Waals surface area (Å²) >= 11 is 2.05. The average molecular weight is 403 g/mol. The molecule has 0 saturated carbocycles. The van der Waals surface area contributed by atoms with Crippen molar-refractivity contribution in [2.75, 3.05) is 11.8 Å². The SMILES string of the molecule is COc1ccc(S(=O)(=O)Nc2cccc(C)c2)cc1I. The molecule has 0 aliphatic carbocycles. The molecule has 0 radical (unpaired) electrons. The smallest absolute Gasteiger partial charge is 0.261 e. The first-order valence-electron chi connectivity index (χ1n) is 5.85. The van der Waals surface area contributed by atoms with Crippen LogP contribution in [0, 0.1) is 10.5 Å². The zero-order valence-electron chi connectivity index (χ0n) is 11.1. The molecular formula is C14H14INO3S. The highest BCUT2D eigenvalue weighted by molar-refractivity contribution is 14.1. The van der Waals surface area contributed by atoms with Gasteiger partial charge in [0.25, 0.3) is 10.0 Å². The first-order valence-corrected chi connectivity index (χ1v) is 8.41. The molecule has 0 atom stereocenters. The zero-order chi connectivity index (χ0) is 14.8. The predicted octanol–water partition coefficient (Wildman–Crippen LogP) is 3.41. The van der Waals surface area contributed by atoms with Gasteiger partial charge in [0.15, 0.2) is 0 Å². The summed E-state index contributed by atoms with van der Waals surface area (Å²) in [7, 11) is -2.04. The highest BCUT2D eigenvalue weighted by Gasteiger charge is 2.16. The Balaban J connectivity index is 2.33. The topological polar surface area (TPSA) is 55.4 Å². The maximum Gasteiger partial charge on any atom is 0.261 e. The van der Waals surface area contributed by atoms with Crippen molar-refractivity contribution in [1.82, 2.24) is 0 Å². The van der Waals surface area contributed by atoms with Crippen molar-refractivity contribution in [2.45, 2.75) is 11.8 Å². The van der Waals surface area contributed by atoms with Crippen LogP contribution in [0.15, 0.2) is 47.4 Å². The lowest BCUT2D eigenvalue weighted by atomic mass is 10.2. The fraction of sp³-hybridized carbons (Fsp3) is 0.143. The Hall–Kier alpha value is -1.28. The summed E-state index contributed by atoms with van der Waals surface area (Å²) < 4.78 is 33.1. The monoisotopic (exact) mass is 403 g/mol. The second-order valence-electron chi connectivity index (χ2n) is 4.27. The maximum atomic E-state index is 12.3. The summed E-state index contributed by atoms with van der Waals surface area (Å²) in [6.07, 6.45) is 0. The number of ether oxygens (including phenoxy) is 1. The molecule has 2 aromatic rings. The number of hydrogen-bond donors (Lipinski definition) is 1. The molecule has 0 aliphatic heterocycles. The largest absolute Gasteiger partial charge is 0.496 e. The lowest BCUT2D eigenvalue weighted by Crippen LogP contribution is -2.13. The third-order valence-electron chi connectivity index (χ3n) is 2.70. The number of nitrogens with one attached hydrogen (secondary N) is 1. The number of benzene rings is 2. The summed E-state index contributed by atoms with van der Waals surface area (Å²) in [5.74, 6) is 0.653. The molecule has 0 aliphatic rings. The van der Waals surface area contributed by atoms with Crippen molar-refractivity contribution in [1.29, 1.82) is 0 Å². The summed E-state index contributed by atoms with van der Waals surface area (Å²) in [5, 5.41) is 0. The van der Waals surface area contributed by atoms with E-state index in [0.717, 1.165) is 9.13 Å². The van der Waals surface area contributed by atoms with E-state index in [1.54, 1.807) is 31.4 Å². The van der Waals surface area contributed by atoms with Gasteiger partial charge in [-0.05, 0) is 65.4 Å². The second-order valence-corrected chi connectivity index (χ2v) is 7.12. The van der Waals surface area contributed by atoms with Crippen molar-refractivity contribution in [3.63, 3.8) is 0 Å². The van der Waals surface area contributed by atoms with Crippen LogP contribution in [0.2, 0.25) is 0 Å². The molecule has 106 valence electrons. The fourth-order valence-electron chi connectivity index (χ4n) is 1.74. The van der Waals surface area contributed by atoms with Crippen LogP contribution in [-0.2, 0) is 10.0 Å². The molecule has 0 spiro atoms. The van der Waals surface area contributed by atoms with Crippen LogP contribution in [0.25, 0.3) is 0 Å². The van der Waals surface area contributed by atoms with Gasteiger partial charge in [0.2, 0.25) is 0 Å². The third-order valence-corrected chi connectivity index (χ3v) is 4.93. The lowest BCUT2D eigenvalue weighted by molar-refractivity contribution is 0.411. The number of anilines is 1. The van der Waals surface area contributed by atoms with Gasteiger partial charge >= 0.3 is 0 Å². The molecule has 0 amide bonds. The Labute approximate surface area is 132 Å². The van der Waals surface area contributed by atoms with Crippen LogP contribution in [0.1, 0.15) is 5.56 Å². The Morgan fingerprint density at radius 3 is 2.50 bits per heavy atom. The Bertz CT molecular complexity index is 729. The molecule has 6 heteroatoms. The van der Waals surface area contributed by atoms with Gasteiger partial charge in [-0.1, -0.05) is 12.1 Å². The number of aryl methyl sites for hydroxylation is 1. The van der Waals surface area contributed by atoms with Crippen LogP contribution in [0.4, 0.5) is 5.69 Å². The molecule has 0 fully saturated rings. The number of halogens is 1. The van der Waals surface area contributed by atoms with Gasteiger partial charge in [0, 0.05) is 5.69 Å². The molecular weight excluding hydrogens is 389 g/mol. The van der Waals surface area contributed by atoms with E-state index in [1.165, 1.54) is 6.07 Å². The van der Waals surface area contributed by atoms with E-state index < -0.39 is 10.0 Å². The van der Waals surface area contributed by atoms with E-state index in [2.05, 4.69) is 4.72 Å². The van der Waals surface area contributed by atoms with Crippen molar-refractivity contribution in [3.8, 4) is 5.75 Å². The summed E-state index contributed by atoms with van der Waals surface area (Å²) in [6, 6.07) is 12.0. The fourth-order valence-corrected chi connectivity index (χ4v) is 3.76. The van der Waals surface area contributed by atoms with Crippen molar-refractivity contribution >= 4 is 38.3 Å². The maximum absolute atomic E-state index is 12.3. The van der Waals surface area contributed by atoms with Gasteiger partial charge in [-0.3, -0.25) is 4.72 Å². The predicted molar refractivity (Wildman–Crippen MR) is 87.7 cm³/mol. The van der Waals surface area contributed by atoms with Gasteiger partial charge in [0.05, 0.1) is 15.6 Å². The first kappa shape index (κ1) is 15.1. The van der Waals surface area contributed by atoms with Crippen molar-refractivity contribution in [2.24, 2.45) is 0 Å². The first-order chi connectivity index (χ1) is 9.42. The minimum Gasteiger partial charge on any atom is -0.496 e. The summed E-state index contributed by atoms with van der Waals surface area (Å²) in [6.45, 7) is 1.91. The van der Waals surface area contributed by atoms with Crippen LogP contribution < -0.4 is 9.46 Å². The van der Waals surface area contributed by atoms with Crippen LogP contribution >= 0.6 is 22.6 Å². The quantitative estimate of drug-likeness (QED) is 0.797. The van der Waals surface area contributed by atoms with Crippen molar-refractivity contribution < 1.29 is 13.2 Å². The Kier molecular flexibility index (Phi) is 4.54. The molecule has 2 rings (SSSR count). The molecule has 0 heterocycles. The van der Waals surface area contributed by atoms with Gasteiger partial charge in [-0.2, -0.15) is 0 Å².